The van der Waals surface area contributed by atoms with Crippen molar-refractivity contribution >= 4 is 0 Å². The molecule has 1 N–H and O–H groups in total. The molecule has 0 amide bonds. The normalized spacial score (nSPS) is 21.7. The molecular weight excluding hydrogens is 226 g/mol. The SMILES string of the molecule is COCCNCC(CCCC1CCCO1)C(C)C. The summed E-state index contributed by atoms with van der Waals surface area (Å²) in [7, 11) is 1.75. The molecule has 0 aromatic rings. The van der Waals surface area contributed by atoms with Crippen LogP contribution in [0.15, 0.2) is 0 Å². The predicted molar refractivity (Wildman–Crippen MR) is 75.9 cm³/mol. The molecule has 2 unspecified atom stereocenters. The van der Waals surface area contributed by atoms with E-state index >= 15 is 0 Å². The molecule has 1 heterocycles. The lowest BCUT2D eigenvalue weighted by molar-refractivity contribution is 0.0997. The molecule has 1 aliphatic heterocycles. The van der Waals surface area contributed by atoms with Crippen LogP contribution in [-0.4, -0.2) is 39.5 Å². The first kappa shape index (κ1) is 15.9. The Labute approximate surface area is 113 Å². The van der Waals surface area contributed by atoms with Gasteiger partial charge in [0.05, 0.1) is 12.7 Å². The van der Waals surface area contributed by atoms with Crippen LogP contribution in [0.1, 0.15) is 46.0 Å². The van der Waals surface area contributed by atoms with Gasteiger partial charge in [0.2, 0.25) is 0 Å². The number of hydrogen-bond acceptors (Lipinski definition) is 3. The van der Waals surface area contributed by atoms with Crippen LogP contribution in [0.25, 0.3) is 0 Å². The molecule has 0 spiro atoms. The number of rotatable bonds is 10. The molecule has 108 valence electrons. The van der Waals surface area contributed by atoms with Gasteiger partial charge in [-0.3, -0.25) is 0 Å². The van der Waals surface area contributed by atoms with Crippen molar-refractivity contribution in [1.82, 2.24) is 5.32 Å². The fraction of sp³-hybridized carbons (Fsp3) is 1.00. The minimum absolute atomic E-state index is 0.555. The van der Waals surface area contributed by atoms with E-state index in [-0.39, 0.29) is 0 Å². The van der Waals surface area contributed by atoms with Crippen molar-refractivity contribution in [2.45, 2.75) is 52.1 Å². The van der Waals surface area contributed by atoms with Crippen molar-refractivity contribution in [2.75, 3.05) is 33.4 Å². The smallest absolute Gasteiger partial charge is 0.0587 e. The fourth-order valence-corrected chi connectivity index (χ4v) is 2.61. The van der Waals surface area contributed by atoms with E-state index in [9.17, 15) is 0 Å². The number of ether oxygens (including phenoxy) is 2. The van der Waals surface area contributed by atoms with Crippen LogP contribution in [0.5, 0.6) is 0 Å². The summed E-state index contributed by atoms with van der Waals surface area (Å²) in [5.74, 6) is 1.54. The summed E-state index contributed by atoms with van der Waals surface area (Å²) >= 11 is 0. The molecule has 1 fully saturated rings. The van der Waals surface area contributed by atoms with E-state index in [4.69, 9.17) is 9.47 Å². The van der Waals surface area contributed by atoms with Crippen molar-refractivity contribution < 1.29 is 9.47 Å². The molecule has 0 radical (unpaired) electrons. The topological polar surface area (TPSA) is 30.5 Å². The van der Waals surface area contributed by atoms with E-state index in [1.165, 1.54) is 32.1 Å². The first-order valence-electron chi connectivity index (χ1n) is 7.55. The highest BCUT2D eigenvalue weighted by atomic mass is 16.5. The first-order valence-corrected chi connectivity index (χ1v) is 7.55. The van der Waals surface area contributed by atoms with Gasteiger partial charge in [0, 0.05) is 20.3 Å². The second kappa shape index (κ2) is 9.76. The second-order valence-corrected chi connectivity index (χ2v) is 5.77. The van der Waals surface area contributed by atoms with E-state index in [0.29, 0.717) is 6.10 Å². The average Bonchev–Trinajstić information content (AvgIpc) is 2.85. The lowest BCUT2D eigenvalue weighted by atomic mass is 9.90. The van der Waals surface area contributed by atoms with Crippen molar-refractivity contribution in [3.63, 3.8) is 0 Å². The minimum Gasteiger partial charge on any atom is -0.383 e. The van der Waals surface area contributed by atoms with Crippen LogP contribution in [0.3, 0.4) is 0 Å². The van der Waals surface area contributed by atoms with Gasteiger partial charge in [0.15, 0.2) is 0 Å². The zero-order valence-electron chi connectivity index (χ0n) is 12.4. The van der Waals surface area contributed by atoms with Gasteiger partial charge in [-0.2, -0.15) is 0 Å². The standard InChI is InChI=1S/C15H31NO2/c1-13(2)14(12-16-9-11-17-3)6-4-7-15-8-5-10-18-15/h13-16H,4-12H2,1-3H3. The first-order chi connectivity index (χ1) is 8.74. The van der Waals surface area contributed by atoms with Crippen LogP contribution in [-0.2, 0) is 9.47 Å². The third-order valence-electron chi connectivity index (χ3n) is 3.96. The van der Waals surface area contributed by atoms with Gasteiger partial charge in [-0.15, -0.1) is 0 Å². The van der Waals surface area contributed by atoms with Gasteiger partial charge in [0.1, 0.15) is 0 Å². The van der Waals surface area contributed by atoms with Gasteiger partial charge < -0.3 is 14.8 Å². The minimum atomic E-state index is 0.555. The highest BCUT2D eigenvalue weighted by molar-refractivity contribution is 4.70. The van der Waals surface area contributed by atoms with Gasteiger partial charge in [-0.1, -0.05) is 20.3 Å². The zero-order chi connectivity index (χ0) is 13.2. The Morgan fingerprint density at radius 3 is 2.83 bits per heavy atom. The van der Waals surface area contributed by atoms with E-state index in [1.807, 2.05) is 0 Å². The van der Waals surface area contributed by atoms with Crippen molar-refractivity contribution in [3.8, 4) is 0 Å². The third-order valence-corrected chi connectivity index (χ3v) is 3.96. The van der Waals surface area contributed by atoms with Crippen molar-refractivity contribution in [1.29, 1.82) is 0 Å². The summed E-state index contributed by atoms with van der Waals surface area (Å²) in [4.78, 5) is 0. The summed E-state index contributed by atoms with van der Waals surface area (Å²) in [5, 5.41) is 3.49. The molecule has 1 rings (SSSR count). The van der Waals surface area contributed by atoms with Crippen LogP contribution in [0.4, 0.5) is 0 Å². The third kappa shape index (κ3) is 6.72. The van der Waals surface area contributed by atoms with E-state index in [2.05, 4.69) is 19.2 Å². The molecule has 0 aromatic heterocycles. The number of methoxy groups -OCH3 is 1. The molecular formula is C15H31NO2. The molecule has 1 aliphatic rings. The van der Waals surface area contributed by atoms with Crippen molar-refractivity contribution in [2.24, 2.45) is 11.8 Å². The Balaban J connectivity index is 2.08. The number of nitrogens with one attached hydrogen (secondary N) is 1. The maximum Gasteiger partial charge on any atom is 0.0587 e. The van der Waals surface area contributed by atoms with Gasteiger partial charge in [-0.05, 0) is 44.1 Å². The predicted octanol–water partition coefficient (Wildman–Crippen LogP) is 2.84. The molecule has 3 heteroatoms. The maximum absolute atomic E-state index is 5.68. The quantitative estimate of drug-likeness (QED) is 0.610. The summed E-state index contributed by atoms with van der Waals surface area (Å²) < 4.78 is 10.7. The summed E-state index contributed by atoms with van der Waals surface area (Å²) in [6, 6.07) is 0. The highest BCUT2D eigenvalue weighted by Gasteiger charge is 2.17. The summed E-state index contributed by atoms with van der Waals surface area (Å²) in [6.45, 7) is 8.53. The lowest BCUT2D eigenvalue weighted by Gasteiger charge is -2.22. The summed E-state index contributed by atoms with van der Waals surface area (Å²) in [5.41, 5.74) is 0. The fourth-order valence-electron chi connectivity index (χ4n) is 2.61. The van der Waals surface area contributed by atoms with Crippen LogP contribution in [0.2, 0.25) is 0 Å². The molecule has 0 saturated carbocycles. The Kier molecular flexibility index (Phi) is 8.64. The largest absolute Gasteiger partial charge is 0.383 e. The molecule has 1 saturated heterocycles. The van der Waals surface area contributed by atoms with Gasteiger partial charge >= 0.3 is 0 Å². The Bertz CT molecular complexity index is 191. The monoisotopic (exact) mass is 257 g/mol. The van der Waals surface area contributed by atoms with E-state index in [0.717, 1.165) is 38.1 Å². The van der Waals surface area contributed by atoms with Crippen LogP contribution in [0, 0.1) is 11.8 Å². The molecule has 0 aromatic carbocycles. The van der Waals surface area contributed by atoms with E-state index in [1.54, 1.807) is 7.11 Å². The van der Waals surface area contributed by atoms with Crippen LogP contribution < -0.4 is 5.32 Å². The Morgan fingerprint density at radius 1 is 1.39 bits per heavy atom. The zero-order valence-corrected chi connectivity index (χ0v) is 12.4. The van der Waals surface area contributed by atoms with Crippen molar-refractivity contribution in [3.05, 3.63) is 0 Å². The van der Waals surface area contributed by atoms with Crippen LogP contribution >= 0.6 is 0 Å². The Morgan fingerprint density at radius 2 is 2.22 bits per heavy atom. The molecule has 0 bridgehead atoms. The average molecular weight is 257 g/mol. The number of hydrogen-bond donors (Lipinski definition) is 1. The molecule has 0 aliphatic carbocycles. The molecule has 2 atom stereocenters. The van der Waals surface area contributed by atoms with Gasteiger partial charge in [-0.25, -0.2) is 0 Å². The van der Waals surface area contributed by atoms with Gasteiger partial charge in [0.25, 0.3) is 0 Å². The lowest BCUT2D eigenvalue weighted by Crippen LogP contribution is -2.29. The van der Waals surface area contributed by atoms with E-state index < -0.39 is 0 Å². The highest BCUT2D eigenvalue weighted by Crippen LogP contribution is 2.22. The Hall–Kier alpha value is -0.120. The summed E-state index contributed by atoms with van der Waals surface area (Å²) in [6.07, 6.45) is 6.97. The molecule has 18 heavy (non-hydrogen) atoms. The molecule has 3 nitrogen and oxygen atoms in total. The second-order valence-electron chi connectivity index (χ2n) is 5.77. The maximum atomic E-state index is 5.68.